The number of nitrogens with zero attached hydrogens (tertiary/aromatic N) is 4. The van der Waals surface area contributed by atoms with E-state index in [4.69, 9.17) is 9.26 Å². The molecule has 2 aromatic heterocycles. The molecule has 0 aliphatic carbocycles. The van der Waals surface area contributed by atoms with Crippen molar-refractivity contribution >= 4 is 33.9 Å². The van der Waals surface area contributed by atoms with Gasteiger partial charge in [0.1, 0.15) is 5.75 Å². The first-order valence-electron chi connectivity index (χ1n) is 8.11. The van der Waals surface area contributed by atoms with Crippen LogP contribution in [-0.4, -0.2) is 27.4 Å². The maximum Gasteiger partial charge on any atom is 0.239 e. The molecule has 0 radical (unpaired) electrons. The fourth-order valence-electron chi connectivity index (χ4n) is 2.08. The topological polar surface area (TPSA) is 86.0 Å². The van der Waals surface area contributed by atoms with Gasteiger partial charge in [-0.05, 0) is 19.1 Å². The van der Waals surface area contributed by atoms with Gasteiger partial charge in [0.2, 0.25) is 11.0 Å². The van der Waals surface area contributed by atoms with Crippen molar-refractivity contribution in [3.05, 3.63) is 36.0 Å². The number of benzene rings is 1. The van der Waals surface area contributed by atoms with Crippen molar-refractivity contribution in [2.45, 2.75) is 42.7 Å². The Balaban J connectivity index is 1.67. The summed E-state index contributed by atoms with van der Waals surface area (Å²) in [5.41, 5.74) is 0.711. The predicted molar refractivity (Wildman–Crippen MR) is 103 cm³/mol. The summed E-state index contributed by atoms with van der Waals surface area (Å²) in [7, 11) is 1.64. The molecular formula is C17H21N5O2S2. The average molecular weight is 392 g/mol. The van der Waals surface area contributed by atoms with Crippen LogP contribution in [0.2, 0.25) is 0 Å². The Labute approximate surface area is 160 Å². The van der Waals surface area contributed by atoms with Crippen LogP contribution in [0.3, 0.4) is 0 Å². The van der Waals surface area contributed by atoms with E-state index in [1.54, 1.807) is 7.11 Å². The molecule has 9 heteroatoms. The van der Waals surface area contributed by atoms with Crippen molar-refractivity contribution in [1.29, 1.82) is 0 Å². The highest BCUT2D eigenvalue weighted by Gasteiger charge is 2.24. The molecule has 0 aliphatic rings. The molecule has 2 heterocycles. The van der Waals surface area contributed by atoms with Crippen LogP contribution in [-0.2, 0) is 5.41 Å². The lowest BCUT2D eigenvalue weighted by Gasteiger charge is -2.11. The predicted octanol–water partition coefficient (Wildman–Crippen LogP) is 4.82. The molecule has 0 fully saturated rings. The Kier molecular flexibility index (Phi) is 5.47. The summed E-state index contributed by atoms with van der Waals surface area (Å²) in [6.45, 7) is 8.18. The van der Waals surface area contributed by atoms with Gasteiger partial charge in [0, 0.05) is 5.41 Å². The summed E-state index contributed by atoms with van der Waals surface area (Å²) in [4.78, 5) is 4.50. The molecule has 0 bridgehead atoms. The van der Waals surface area contributed by atoms with Crippen LogP contribution in [0.5, 0.6) is 5.75 Å². The zero-order valence-electron chi connectivity index (χ0n) is 15.3. The van der Waals surface area contributed by atoms with Gasteiger partial charge < -0.3 is 14.6 Å². The van der Waals surface area contributed by atoms with Gasteiger partial charge in [0.25, 0.3) is 0 Å². The quantitative estimate of drug-likeness (QED) is 0.598. The molecule has 0 aliphatic heterocycles. The molecule has 1 aromatic carbocycles. The smallest absolute Gasteiger partial charge is 0.239 e. The molecule has 1 N–H and O–H groups in total. The highest BCUT2D eigenvalue weighted by atomic mass is 32.2. The maximum absolute atomic E-state index is 5.40. The van der Waals surface area contributed by atoms with E-state index in [-0.39, 0.29) is 10.7 Å². The molecule has 1 atom stereocenters. The fourth-order valence-corrected chi connectivity index (χ4v) is 4.02. The third-order valence-electron chi connectivity index (χ3n) is 3.49. The number of aromatic nitrogens is 4. The fraction of sp³-hybridized carbons (Fsp3) is 0.412. The SMILES string of the molecule is COc1ccccc1Nc1nnc(SC(C)c2nc(C(C)(C)C)no2)s1. The summed E-state index contributed by atoms with van der Waals surface area (Å²) >= 11 is 3.01. The Bertz CT molecular complexity index is 872. The first kappa shape index (κ1) is 18.7. The van der Waals surface area contributed by atoms with E-state index >= 15 is 0 Å². The van der Waals surface area contributed by atoms with E-state index in [2.05, 4.69) is 46.4 Å². The second-order valence-electron chi connectivity index (χ2n) is 6.66. The van der Waals surface area contributed by atoms with Crippen LogP contribution in [0.25, 0.3) is 0 Å². The lowest BCUT2D eigenvalue weighted by atomic mass is 9.96. The summed E-state index contributed by atoms with van der Waals surface area (Å²) < 4.78 is 11.6. The van der Waals surface area contributed by atoms with E-state index in [1.165, 1.54) is 23.1 Å². The number of para-hydroxylation sites is 2. The largest absolute Gasteiger partial charge is 0.495 e. The zero-order valence-corrected chi connectivity index (χ0v) is 16.9. The van der Waals surface area contributed by atoms with Gasteiger partial charge in [0.05, 0.1) is 18.0 Å². The third-order valence-corrected chi connectivity index (χ3v) is 5.50. The Morgan fingerprint density at radius 2 is 2.00 bits per heavy atom. The molecule has 0 amide bonds. The monoisotopic (exact) mass is 391 g/mol. The van der Waals surface area contributed by atoms with Gasteiger partial charge in [-0.15, -0.1) is 10.2 Å². The van der Waals surface area contributed by atoms with Gasteiger partial charge in [-0.3, -0.25) is 0 Å². The number of ether oxygens (including phenoxy) is 1. The maximum atomic E-state index is 5.40. The van der Waals surface area contributed by atoms with Crippen LogP contribution < -0.4 is 10.1 Å². The standard InChI is InChI=1S/C17H21N5O2S2/c1-10(13-19-14(22-24-13)17(2,3)4)25-16-21-20-15(26-16)18-11-8-6-7-9-12(11)23-5/h6-10H,1-5H3,(H,18,20). The van der Waals surface area contributed by atoms with Gasteiger partial charge in [0.15, 0.2) is 10.2 Å². The number of thioether (sulfide) groups is 1. The number of rotatable bonds is 6. The lowest BCUT2D eigenvalue weighted by Crippen LogP contribution is -2.13. The Morgan fingerprint density at radius 1 is 1.23 bits per heavy atom. The summed E-state index contributed by atoms with van der Waals surface area (Å²) in [6, 6.07) is 7.68. The highest BCUT2D eigenvalue weighted by molar-refractivity contribution is 8.01. The molecule has 0 spiro atoms. The number of anilines is 2. The number of nitrogens with one attached hydrogen (secondary N) is 1. The van der Waals surface area contributed by atoms with Crippen LogP contribution in [0.1, 0.15) is 44.7 Å². The van der Waals surface area contributed by atoms with Gasteiger partial charge >= 0.3 is 0 Å². The van der Waals surface area contributed by atoms with Crippen molar-refractivity contribution in [2.75, 3.05) is 12.4 Å². The first-order valence-corrected chi connectivity index (χ1v) is 9.80. The van der Waals surface area contributed by atoms with E-state index in [9.17, 15) is 0 Å². The van der Waals surface area contributed by atoms with Gasteiger partial charge in [-0.2, -0.15) is 4.98 Å². The van der Waals surface area contributed by atoms with Crippen molar-refractivity contribution in [3.63, 3.8) is 0 Å². The Hall–Kier alpha value is -2.13. The zero-order chi connectivity index (χ0) is 18.7. The number of hydrogen-bond acceptors (Lipinski definition) is 9. The van der Waals surface area contributed by atoms with Crippen LogP contribution >= 0.6 is 23.1 Å². The molecule has 0 saturated heterocycles. The van der Waals surface area contributed by atoms with Crippen LogP contribution in [0.15, 0.2) is 33.1 Å². The second-order valence-corrected chi connectivity index (χ2v) is 9.23. The number of hydrogen-bond donors (Lipinski definition) is 1. The van der Waals surface area contributed by atoms with E-state index in [0.29, 0.717) is 16.8 Å². The minimum absolute atomic E-state index is 0.00865. The molecule has 0 saturated carbocycles. The van der Waals surface area contributed by atoms with Crippen molar-refractivity contribution in [3.8, 4) is 5.75 Å². The minimum Gasteiger partial charge on any atom is -0.495 e. The Morgan fingerprint density at radius 3 is 2.69 bits per heavy atom. The van der Waals surface area contributed by atoms with Crippen molar-refractivity contribution in [2.24, 2.45) is 0 Å². The minimum atomic E-state index is -0.138. The number of methoxy groups -OCH3 is 1. The van der Waals surface area contributed by atoms with E-state index in [1.807, 2.05) is 31.2 Å². The summed E-state index contributed by atoms with van der Waals surface area (Å²) in [5.74, 6) is 2.05. The lowest BCUT2D eigenvalue weighted by molar-refractivity contribution is 0.364. The molecule has 1 unspecified atom stereocenters. The molecule has 7 nitrogen and oxygen atoms in total. The highest BCUT2D eigenvalue weighted by Crippen LogP contribution is 2.38. The molecule has 3 rings (SSSR count). The molecule has 26 heavy (non-hydrogen) atoms. The van der Waals surface area contributed by atoms with Crippen LogP contribution in [0.4, 0.5) is 10.8 Å². The molecule has 3 aromatic rings. The van der Waals surface area contributed by atoms with E-state index < -0.39 is 0 Å². The first-order chi connectivity index (χ1) is 12.4. The molecular weight excluding hydrogens is 370 g/mol. The summed E-state index contributed by atoms with van der Waals surface area (Å²) in [6.07, 6.45) is 0. The van der Waals surface area contributed by atoms with Crippen LogP contribution in [0, 0.1) is 0 Å². The normalized spacial score (nSPS) is 12.8. The second kappa shape index (κ2) is 7.63. The molecule has 138 valence electrons. The average Bonchev–Trinajstić information content (AvgIpc) is 3.24. The third kappa shape index (κ3) is 4.34. The van der Waals surface area contributed by atoms with Crippen molar-refractivity contribution < 1.29 is 9.26 Å². The summed E-state index contributed by atoms with van der Waals surface area (Å²) in [5, 5.41) is 16.4. The van der Waals surface area contributed by atoms with Gasteiger partial charge in [-0.25, -0.2) is 0 Å². The van der Waals surface area contributed by atoms with Gasteiger partial charge in [-0.1, -0.05) is 61.2 Å². The van der Waals surface area contributed by atoms with E-state index in [0.717, 1.165) is 15.8 Å². The van der Waals surface area contributed by atoms with Crippen molar-refractivity contribution in [1.82, 2.24) is 20.3 Å².